The third kappa shape index (κ3) is 7.14. The number of carbonyl (C=O) groups excluding carboxylic acids is 1. The van der Waals surface area contributed by atoms with E-state index in [2.05, 4.69) is 62.0 Å². The molecule has 0 radical (unpaired) electrons. The number of carbonyl (C=O) groups is 1. The summed E-state index contributed by atoms with van der Waals surface area (Å²) in [5.41, 5.74) is 3.24. The van der Waals surface area contributed by atoms with Crippen molar-refractivity contribution in [3.63, 3.8) is 0 Å². The van der Waals surface area contributed by atoms with Gasteiger partial charge in [-0.15, -0.1) is 0 Å². The lowest BCUT2D eigenvalue weighted by atomic mass is 9.31. The summed E-state index contributed by atoms with van der Waals surface area (Å²) < 4.78 is 6.42. The summed E-state index contributed by atoms with van der Waals surface area (Å²) in [6, 6.07) is 0. The van der Waals surface area contributed by atoms with Crippen LogP contribution in [0.2, 0.25) is 0 Å². The van der Waals surface area contributed by atoms with E-state index in [-0.39, 0.29) is 17.5 Å². The minimum atomic E-state index is 0.0402. The quantitative estimate of drug-likeness (QED) is 0.0989. The zero-order valence-electron chi connectivity index (χ0n) is 33.5. The Labute approximate surface area is 299 Å². The summed E-state index contributed by atoms with van der Waals surface area (Å²) in [6.07, 6.45) is 31.2. The van der Waals surface area contributed by atoms with Crippen LogP contribution in [0.1, 0.15) is 209 Å². The summed E-state index contributed by atoms with van der Waals surface area (Å²) in [5, 5.41) is 0. The molecule has 0 N–H and O–H groups in total. The molecule has 0 saturated heterocycles. The predicted molar refractivity (Wildman–Crippen MR) is 205 cm³/mol. The Bertz CT molecular complexity index is 1090. The predicted octanol–water partition coefficient (Wildman–Crippen LogP) is 14.1. The van der Waals surface area contributed by atoms with Crippen LogP contribution in [0.25, 0.3) is 0 Å². The molecule has 0 amide bonds. The molecule has 0 aliphatic heterocycles. The van der Waals surface area contributed by atoms with E-state index in [1.165, 1.54) is 140 Å². The number of hydrogen-bond donors (Lipinski definition) is 0. The van der Waals surface area contributed by atoms with Crippen molar-refractivity contribution in [2.75, 3.05) is 0 Å². The molecule has 48 heavy (non-hydrogen) atoms. The van der Waals surface area contributed by atoms with Gasteiger partial charge in [0.15, 0.2) is 0 Å². The van der Waals surface area contributed by atoms with Crippen molar-refractivity contribution in [2.24, 2.45) is 56.7 Å². The van der Waals surface area contributed by atoms with E-state index in [4.69, 9.17) is 4.74 Å². The highest BCUT2D eigenvalue weighted by atomic mass is 16.5. The lowest BCUT2D eigenvalue weighted by molar-refractivity contribution is -0.254. The molecule has 5 saturated carbocycles. The highest BCUT2D eigenvalue weighted by Crippen LogP contribution is 2.77. The van der Waals surface area contributed by atoms with Crippen LogP contribution in [0.3, 0.4) is 0 Å². The lowest BCUT2D eigenvalue weighted by Crippen LogP contribution is -2.67. The van der Waals surface area contributed by atoms with Gasteiger partial charge in [-0.25, -0.2) is 0 Å². The molecule has 5 aliphatic rings. The van der Waals surface area contributed by atoms with Crippen LogP contribution in [0, 0.1) is 56.7 Å². The van der Waals surface area contributed by atoms with Crippen molar-refractivity contribution < 1.29 is 9.53 Å². The number of hydrogen-bond acceptors (Lipinski definition) is 2. The molecule has 0 aromatic carbocycles. The molecule has 5 fully saturated rings. The molecule has 5 aliphatic carbocycles. The van der Waals surface area contributed by atoms with E-state index >= 15 is 0 Å². The summed E-state index contributed by atoms with van der Waals surface area (Å²) in [4.78, 5) is 13.2. The van der Waals surface area contributed by atoms with Crippen LogP contribution in [0.15, 0.2) is 12.2 Å². The van der Waals surface area contributed by atoms with Gasteiger partial charge in [-0.2, -0.15) is 0 Å². The monoisotopic (exact) mass is 665 g/mol. The van der Waals surface area contributed by atoms with Gasteiger partial charge in [0, 0.05) is 11.8 Å². The van der Waals surface area contributed by atoms with Gasteiger partial charge in [-0.1, -0.05) is 145 Å². The van der Waals surface area contributed by atoms with Crippen LogP contribution >= 0.6 is 0 Å². The number of esters is 1. The molecule has 0 aromatic rings. The highest BCUT2D eigenvalue weighted by molar-refractivity contribution is 5.69. The van der Waals surface area contributed by atoms with Gasteiger partial charge in [-0.3, -0.25) is 4.79 Å². The maximum atomic E-state index is 13.2. The van der Waals surface area contributed by atoms with E-state index in [1.807, 2.05) is 0 Å². The molecule has 10 atom stereocenters. The minimum Gasteiger partial charge on any atom is -0.462 e. The molecule has 0 bridgehead atoms. The average molecular weight is 665 g/mol. The van der Waals surface area contributed by atoms with Gasteiger partial charge in [0.2, 0.25) is 0 Å². The lowest BCUT2D eigenvalue weighted by Gasteiger charge is -2.73. The first-order valence-corrected chi connectivity index (χ1v) is 21.6. The zero-order chi connectivity index (χ0) is 34.8. The second-order valence-corrected chi connectivity index (χ2v) is 20.1. The second kappa shape index (κ2) is 15.4. The number of allylic oxidation sites excluding steroid dienone is 1. The number of unbranched alkanes of at least 4 members (excludes halogenated alkanes) is 12. The first kappa shape index (κ1) is 38.4. The third-order valence-corrected chi connectivity index (χ3v) is 17.3. The molecular formula is C46H80O2. The van der Waals surface area contributed by atoms with Gasteiger partial charge in [0.05, 0.1) is 0 Å². The van der Waals surface area contributed by atoms with Gasteiger partial charge in [0.1, 0.15) is 6.10 Å². The number of fused-ring (bicyclic) bond motifs is 7. The van der Waals surface area contributed by atoms with Gasteiger partial charge in [-0.05, 0) is 122 Å². The fraction of sp³-hybridized carbons (Fsp3) is 0.935. The molecule has 2 nitrogen and oxygen atoms in total. The summed E-state index contributed by atoms with van der Waals surface area (Å²) in [7, 11) is 0. The smallest absolute Gasteiger partial charge is 0.306 e. The fourth-order valence-corrected chi connectivity index (χ4v) is 14.1. The first-order chi connectivity index (χ1) is 22.7. The molecule has 2 heteroatoms. The second-order valence-electron chi connectivity index (χ2n) is 20.1. The maximum Gasteiger partial charge on any atom is 0.306 e. The topological polar surface area (TPSA) is 26.3 Å². The molecule has 5 rings (SSSR count). The van der Waals surface area contributed by atoms with Crippen molar-refractivity contribution in [1.29, 1.82) is 0 Å². The Balaban J connectivity index is 1.11. The third-order valence-electron chi connectivity index (χ3n) is 17.3. The van der Waals surface area contributed by atoms with Gasteiger partial charge in [0.25, 0.3) is 0 Å². The van der Waals surface area contributed by atoms with Crippen LogP contribution < -0.4 is 0 Å². The summed E-state index contributed by atoms with van der Waals surface area (Å²) in [6.45, 7) is 25.2. The van der Waals surface area contributed by atoms with Crippen molar-refractivity contribution in [1.82, 2.24) is 0 Å². The maximum absolute atomic E-state index is 13.2. The molecule has 0 spiro atoms. The Morgan fingerprint density at radius 1 is 0.688 bits per heavy atom. The van der Waals surface area contributed by atoms with Crippen molar-refractivity contribution in [2.45, 2.75) is 216 Å². The Morgan fingerprint density at radius 2 is 1.29 bits per heavy atom. The van der Waals surface area contributed by atoms with Gasteiger partial charge >= 0.3 is 5.97 Å². The molecular weight excluding hydrogens is 585 g/mol. The van der Waals surface area contributed by atoms with E-state index < -0.39 is 0 Å². The standard InChI is InChI=1S/C46H80O2/c1-10-11-12-13-14-15-16-17-18-19-20-21-22-23-40(47)48-39-28-30-44(7)37(42(39,4)5)27-31-46(9)38(44)25-24-36-41-35(3)34(2)26-29-43(41,6)32-33-45(36,46)8/h35-39,41H,2,10-33H2,1,3-9H3/t35?,36-,37?,38?,39?,41-,43-,44+,45-,46-/m1/s1. The first-order valence-electron chi connectivity index (χ1n) is 21.6. The van der Waals surface area contributed by atoms with Crippen LogP contribution in [0.5, 0.6) is 0 Å². The Kier molecular flexibility index (Phi) is 12.4. The van der Waals surface area contributed by atoms with Crippen LogP contribution in [-0.4, -0.2) is 12.1 Å². The largest absolute Gasteiger partial charge is 0.462 e. The number of rotatable bonds is 15. The van der Waals surface area contributed by atoms with Crippen molar-refractivity contribution in [3.05, 3.63) is 12.2 Å². The highest BCUT2D eigenvalue weighted by Gasteiger charge is 2.70. The summed E-state index contributed by atoms with van der Waals surface area (Å²) in [5.74, 6) is 3.79. The Morgan fingerprint density at radius 3 is 1.92 bits per heavy atom. The summed E-state index contributed by atoms with van der Waals surface area (Å²) >= 11 is 0. The van der Waals surface area contributed by atoms with Crippen molar-refractivity contribution >= 4 is 5.97 Å². The normalized spacial score (nSPS) is 41.9. The molecule has 276 valence electrons. The molecule has 4 unspecified atom stereocenters. The molecule has 0 aromatic heterocycles. The SMILES string of the molecule is C=C1CC[C@]2(C)CC[C@]3(C)[C@H](CCC4[C@@]5(C)CCC(OC(=O)CCCCCCCCCCCCCCC)C(C)(C)C5CC[C@]43C)[C@H]2C1C. The Hall–Kier alpha value is -0.790. The van der Waals surface area contributed by atoms with E-state index in [0.717, 1.165) is 30.6 Å². The van der Waals surface area contributed by atoms with E-state index in [0.29, 0.717) is 39.9 Å². The van der Waals surface area contributed by atoms with E-state index in [1.54, 1.807) is 0 Å². The zero-order valence-corrected chi connectivity index (χ0v) is 33.5. The van der Waals surface area contributed by atoms with Crippen molar-refractivity contribution in [3.8, 4) is 0 Å². The molecule has 0 heterocycles. The van der Waals surface area contributed by atoms with E-state index in [9.17, 15) is 4.79 Å². The fourth-order valence-electron chi connectivity index (χ4n) is 14.1. The number of ether oxygens (including phenoxy) is 1. The average Bonchev–Trinajstić information content (AvgIpc) is 3.03. The van der Waals surface area contributed by atoms with Crippen LogP contribution in [-0.2, 0) is 9.53 Å². The van der Waals surface area contributed by atoms with Gasteiger partial charge < -0.3 is 4.74 Å². The minimum absolute atomic E-state index is 0.0402. The van der Waals surface area contributed by atoms with Crippen LogP contribution in [0.4, 0.5) is 0 Å².